The second-order valence-electron chi connectivity index (χ2n) is 5.26. The number of nitrogens with one attached hydrogen (secondary N) is 1. The van der Waals surface area contributed by atoms with Crippen LogP contribution in [0.4, 0.5) is 0 Å². The van der Waals surface area contributed by atoms with Crippen molar-refractivity contribution in [1.29, 1.82) is 0 Å². The van der Waals surface area contributed by atoms with Crippen LogP contribution in [0.1, 0.15) is 25.0 Å². The lowest BCUT2D eigenvalue weighted by atomic mass is 10.1. The zero-order valence-electron chi connectivity index (χ0n) is 12.5. The molecule has 0 aliphatic rings. The first-order chi connectivity index (χ1) is 9.65. The molecular formula is C16H23N3O. The Labute approximate surface area is 120 Å². The van der Waals surface area contributed by atoms with Crippen LogP contribution < -0.4 is 10.1 Å². The van der Waals surface area contributed by atoms with Crippen molar-refractivity contribution in [3.63, 3.8) is 0 Å². The van der Waals surface area contributed by atoms with E-state index in [0.717, 1.165) is 18.8 Å². The second-order valence-corrected chi connectivity index (χ2v) is 5.26. The number of aromatic nitrogens is 2. The quantitative estimate of drug-likeness (QED) is 0.843. The molecule has 20 heavy (non-hydrogen) atoms. The van der Waals surface area contributed by atoms with Gasteiger partial charge in [0.1, 0.15) is 12.4 Å². The fourth-order valence-corrected chi connectivity index (χ4v) is 1.98. The van der Waals surface area contributed by atoms with Crippen LogP contribution in [-0.4, -0.2) is 22.4 Å². The summed E-state index contributed by atoms with van der Waals surface area (Å²) in [4.78, 5) is 0. The fraction of sp³-hybridized carbons (Fsp3) is 0.438. The standard InChI is InChI=1S/C16H23N3O/c1-13(2)17-12-15-11-14(3)5-6-16(15)20-10-9-19-8-4-7-18-19/h4-8,11,13,17H,9-10,12H2,1-3H3. The third kappa shape index (κ3) is 4.38. The lowest BCUT2D eigenvalue weighted by Crippen LogP contribution is -2.22. The van der Waals surface area contributed by atoms with Crippen LogP contribution in [0.3, 0.4) is 0 Å². The highest BCUT2D eigenvalue weighted by Crippen LogP contribution is 2.20. The maximum Gasteiger partial charge on any atom is 0.123 e. The Balaban J connectivity index is 1.95. The number of hydrogen-bond donors (Lipinski definition) is 1. The summed E-state index contributed by atoms with van der Waals surface area (Å²) in [6, 6.07) is 8.70. The van der Waals surface area contributed by atoms with E-state index in [9.17, 15) is 0 Å². The number of hydrogen-bond acceptors (Lipinski definition) is 3. The molecule has 0 radical (unpaired) electrons. The monoisotopic (exact) mass is 273 g/mol. The van der Waals surface area contributed by atoms with Gasteiger partial charge in [0.05, 0.1) is 6.54 Å². The van der Waals surface area contributed by atoms with Gasteiger partial charge in [-0.15, -0.1) is 0 Å². The summed E-state index contributed by atoms with van der Waals surface area (Å²) in [5.74, 6) is 0.955. The van der Waals surface area contributed by atoms with Crippen molar-refractivity contribution in [3.05, 3.63) is 47.8 Å². The zero-order chi connectivity index (χ0) is 14.4. The molecule has 0 aliphatic carbocycles. The van der Waals surface area contributed by atoms with Gasteiger partial charge in [-0.25, -0.2) is 0 Å². The van der Waals surface area contributed by atoms with Gasteiger partial charge in [0.2, 0.25) is 0 Å². The Kier molecular flexibility index (Phi) is 5.18. The molecule has 0 saturated carbocycles. The number of aryl methyl sites for hydroxylation is 1. The van der Waals surface area contributed by atoms with Gasteiger partial charge in [-0.3, -0.25) is 4.68 Å². The topological polar surface area (TPSA) is 39.1 Å². The molecule has 108 valence electrons. The van der Waals surface area contributed by atoms with E-state index in [-0.39, 0.29) is 0 Å². The molecule has 4 nitrogen and oxygen atoms in total. The molecule has 1 aromatic carbocycles. The summed E-state index contributed by atoms with van der Waals surface area (Å²) in [5, 5.41) is 7.60. The van der Waals surface area contributed by atoms with Gasteiger partial charge >= 0.3 is 0 Å². The predicted octanol–water partition coefficient (Wildman–Crippen LogP) is 2.77. The first-order valence-corrected chi connectivity index (χ1v) is 7.08. The molecule has 0 spiro atoms. The van der Waals surface area contributed by atoms with Gasteiger partial charge in [0.25, 0.3) is 0 Å². The van der Waals surface area contributed by atoms with Crippen LogP contribution >= 0.6 is 0 Å². The largest absolute Gasteiger partial charge is 0.491 e. The van der Waals surface area contributed by atoms with E-state index in [1.165, 1.54) is 11.1 Å². The molecule has 1 N–H and O–H groups in total. The average molecular weight is 273 g/mol. The predicted molar refractivity (Wildman–Crippen MR) is 80.9 cm³/mol. The number of nitrogens with zero attached hydrogens (tertiary/aromatic N) is 2. The number of benzene rings is 1. The molecule has 0 aliphatic heterocycles. The summed E-state index contributed by atoms with van der Waals surface area (Å²) >= 11 is 0. The van der Waals surface area contributed by atoms with E-state index in [1.54, 1.807) is 6.20 Å². The van der Waals surface area contributed by atoms with E-state index >= 15 is 0 Å². The minimum absolute atomic E-state index is 0.465. The highest BCUT2D eigenvalue weighted by molar-refractivity contribution is 5.36. The first-order valence-electron chi connectivity index (χ1n) is 7.08. The van der Waals surface area contributed by atoms with Crippen molar-refractivity contribution in [2.45, 2.75) is 39.9 Å². The van der Waals surface area contributed by atoms with E-state index in [2.05, 4.69) is 49.4 Å². The number of ether oxygens (including phenoxy) is 1. The third-order valence-electron chi connectivity index (χ3n) is 3.05. The lowest BCUT2D eigenvalue weighted by molar-refractivity contribution is 0.287. The Hall–Kier alpha value is -1.81. The van der Waals surface area contributed by atoms with Gasteiger partial charge in [0.15, 0.2) is 0 Å². The molecule has 0 bridgehead atoms. The average Bonchev–Trinajstić information content (AvgIpc) is 2.91. The molecular weight excluding hydrogens is 250 g/mol. The van der Waals surface area contributed by atoms with Crippen LogP contribution in [0.5, 0.6) is 5.75 Å². The summed E-state index contributed by atoms with van der Waals surface area (Å²) < 4.78 is 7.77. The van der Waals surface area contributed by atoms with Crippen molar-refractivity contribution < 1.29 is 4.74 Å². The van der Waals surface area contributed by atoms with Crippen LogP contribution in [-0.2, 0) is 13.1 Å². The van der Waals surface area contributed by atoms with Gasteiger partial charge in [0, 0.05) is 30.5 Å². The molecule has 1 aromatic heterocycles. The molecule has 2 aromatic rings. The Bertz CT molecular complexity index is 521. The molecule has 0 amide bonds. The molecule has 4 heteroatoms. The van der Waals surface area contributed by atoms with Gasteiger partial charge in [-0.05, 0) is 19.1 Å². The fourth-order valence-electron chi connectivity index (χ4n) is 1.98. The minimum atomic E-state index is 0.465. The smallest absolute Gasteiger partial charge is 0.123 e. The van der Waals surface area contributed by atoms with E-state index < -0.39 is 0 Å². The molecule has 0 fully saturated rings. The Morgan fingerprint density at radius 3 is 2.90 bits per heavy atom. The highest BCUT2D eigenvalue weighted by atomic mass is 16.5. The van der Waals surface area contributed by atoms with Crippen molar-refractivity contribution >= 4 is 0 Å². The van der Waals surface area contributed by atoms with Crippen LogP contribution in [0, 0.1) is 6.92 Å². The van der Waals surface area contributed by atoms with E-state index in [4.69, 9.17) is 4.74 Å². The lowest BCUT2D eigenvalue weighted by Gasteiger charge is -2.14. The molecule has 0 atom stereocenters. The summed E-state index contributed by atoms with van der Waals surface area (Å²) in [6.45, 7) is 8.61. The zero-order valence-corrected chi connectivity index (χ0v) is 12.5. The van der Waals surface area contributed by atoms with E-state index in [0.29, 0.717) is 12.6 Å². The maximum absolute atomic E-state index is 5.90. The SMILES string of the molecule is Cc1ccc(OCCn2cccn2)c(CNC(C)C)c1. The second kappa shape index (κ2) is 7.10. The van der Waals surface area contributed by atoms with Crippen LogP contribution in [0.25, 0.3) is 0 Å². The Morgan fingerprint density at radius 2 is 2.20 bits per heavy atom. The molecule has 1 heterocycles. The molecule has 2 rings (SSSR count). The van der Waals surface area contributed by atoms with Crippen molar-refractivity contribution in [1.82, 2.24) is 15.1 Å². The van der Waals surface area contributed by atoms with Crippen LogP contribution in [0.2, 0.25) is 0 Å². The third-order valence-corrected chi connectivity index (χ3v) is 3.05. The van der Waals surface area contributed by atoms with Crippen LogP contribution in [0.15, 0.2) is 36.7 Å². The summed E-state index contributed by atoms with van der Waals surface area (Å²) in [5.41, 5.74) is 2.46. The molecule has 0 saturated heterocycles. The Morgan fingerprint density at radius 1 is 1.35 bits per heavy atom. The van der Waals surface area contributed by atoms with Gasteiger partial charge < -0.3 is 10.1 Å². The number of rotatable bonds is 7. The van der Waals surface area contributed by atoms with Gasteiger partial charge in [-0.2, -0.15) is 5.10 Å². The van der Waals surface area contributed by atoms with Crippen molar-refractivity contribution in [2.24, 2.45) is 0 Å². The van der Waals surface area contributed by atoms with Gasteiger partial charge in [-0.1, -0.05) is 31.5 Å². The van der Waals surface area contributed by atoms with Crippen molar-refractivity contribution in [2.75, 3.05) is 6.61 Å². The summed E-state index contributed by atoms with van der Waals surface area (Å²) in [7, 11) is 0. The minimum Gasteiger partial charge on any atom is -0.491 e. The summed E-state index contributed by atoms with van der Waals surface area (Å²) in [6.07, 6.45) is 3.73. The highest BCUT2D eigenvalue weighted by Gasteiger charge is 2.05. The van der Waals surface area contributed by atoms with E-state index in [1.807, 2.05) is 16.9 Å². The normalized spacial score (nSPS) is 11.0. The molecule has 0 unspecified atom stereocenters. The maximum atomic E-state index is 5.90. The van der Waals surface area contributed by atoms with Crippen molar-refractivity contribution in [3.8, 4) is 5.75 Å². The first kappa shape index (κ1) is 14.6.